The van der Waals surface area contributed by atoms with Gasteiger partial charge in [-0.2, -0.15) is 18.3 Å². The first-order valence-corrected chi connectivity index (χ1v) is 9.80. The highest BCUT2D eigenvalue weighted by Gasteiger charge is 2.35. The van der Waals surface area contributed by atoms with Crippen LogP contribution in [0.1, 0.15) is 40.6 Å². The molecule has 1 aromatic carbocycles. The SMILES string of the molecule is Cn1nc(C(=O)N2CCCC2c2nc(N)ncc2-c2ccc(C(F)(F)F)cc2)ccc1=O. The van der Waals surface area contributed by atoms with Crippen LogP contribution in [0.4, 0.5) is 19.1 Å². The standard InChI is InChI=1S/C21H19F3N6O2/c1-29-17(31)9-8-15(28-29)19(32)30-10-2-3-16(30)18-14(11-26-20(25)27-18)12-4-6-13(7-5-12)21(22,23)24/h4-9,11,16H,2-3,10H2,1H3,(H2,25,26,27). The third kappa shape index (κ3) is 4.05. The van der Waals surface area contributed by atoms with E-state index in [-0.39, 0.29) is 23.1 Å². The number of aromatic nitrogens is 4. The largest absolute Gasteiger partial charge is 0.416 e. The monoisotopic (exact) mass is 444 g/mol. The first-order chi connectivity index (χ1) is 15.1. The number of likely N-dealkylation sites (tertiary alicyclic amines) is 1. The Balaban J connectivity index is 1.72. The number of carbonyl (C=O) groups is 1. The van der Waals surface area contributed by atoms with Crippen LogP contribution in [0.2, 0.25) is 0 Å². The average molecular weight is 444 g/mol. The van der Waals surface area contributed by atoms with Crippen molar-refractivity contribution in [3.8, 4) is 11.1 Å². The Kier molecular flexibility index (Phi) is 5.41. The number of hydrogen-bond acceptors (Lipinski definition) is 6. The molecule has 1 unspecified atom stereocenters. The lowest BCUT2D eigenvalue weighted by Gasteiger charge is -2.26. The molecule has 3 aromatic rings. The molecule has 1 amide bonds. The van der Waals surface area contributed by atoms with E-state index in [1.807, 2.05) is 0 Å². The summed E-state index contributed by atoms with van der Waals surface area (Å²) >= 11 is 0. The number of nitrogens with zero attached hydrogens (tertiary/aromatic N) is 5. The fourth-order valence-electron chi connectivity index (χ4n) is 3.78. The van der Waals surface area contributed by atoms with Crippen LogP contribution in [-0.4, -0.2) is 37.1 Å². The van der Waals surface area contributed by atoms with Crippen LogP contribution in [0.25, 0.3) is 11.1 Å². The van der Waals surface area contributed by atoms with Gasteiger partial charge in [-0.05, 0) is 36.6 Å². The molecule has 8 nitrogen and oxygen atoms in total. The van der Waals surface area contributed by atoms with Crippen LogP contribution in [0.5, 0.6) is 0 Å². The fourth-order valence-corrected chi connectivity index (χ4v) is 3.78. The van der Waals surface area contributed by atoms with E-state index in [4.69, 9.17) is 5.73 Å². The molecule has 11 heteroatoms. The van der Waals surface area contributed by atoms with Crippen molar-refractivity contribution in [3.05, 3.63) is 69.9 Å². The zero-order valence-electron chi connectivity index (χ0n) is 17.0. The average Bonchev–Trinajstić information content (AvgIpc) is 3.24. The predicted molar refractivity (Wildman–Crippen MR) is 109 cm³/mol. The van der Waals surface area contributed by atoms with Gasteiger partial charge < -0.3 is 10.6 Å². The van der Waals surface area contributed by atoms with E-state index >= 15 is 0 Å². The van der Waals surface area contributed by atoms with Crippen LogP contribution in [0, 0.1) is 0 Å². The minimum absolute atomic E-state index is 0.00445. The summed E-state index contributed by atoms with van der Waals surface area (Å²) in [6.45, 7) is 0.435. The lowest BCUT2D eigenvalue weighted by molar-refractivity contribution is -0.137. The normalized spacial score (nSPS) is 16.4. The highest BCUT2D eigenvalue weighted by atomic mass is 19.4. The molecule has 0 spiro atoms. The summed E-state index contributed by atoms with van der Waals surface area (Å²) in [7, 11) is 1.45. The first-order valence-electron chi connectivity index (χ1n) is 9.80. The second kappa shape index (κ2) is 8.06. The first kappa shape index (κ1) is 21.5. The van der Waals surface area contributed by atoms with Gasteiger partial charge in [-0.3, -0.25) is 9.59 Å². The lowest BCUT2D eigenvalue weighted by atomic mass is 9.98. The summed E-state index contributed by atoms with van der Waals surface area (Å²) in [5.74, 6) is -0.381. The van der Waals surface area contributed by atoms with Crippen LogP contribution < -0.4 is 11.3 Å². The minimum atomic E-state index is -4.45. The Hall–Kier alpha value is -3.76. The third-order valence-corrected chi connectivity index (χ3v) is 5.37. The molecule has 1 saturated heterocycles. The Morgan fingerprint density at radius 1 is 1.16 bits per heavy atom. The Morgan fingerprint density at radius 2 is 1.88 bits per heavy atom. The highest BCUT2D eigenvalue weighted by molar-refractivity contribution is 5.92. The molecule has 2 aromatic heterocycles. The zero-order chi connectivity index (χ0) is 23.0. The maximum absolute atomic E-state index is 13.1. The van der Waals surface area contributed by atoms with Crippen molar-refractivity contribution in [1.82, 2.24) is 24.6 Å². The van der Waals surface area contributed by atoms with Gasteiger partial charge in [-0.1, -0.05) is 12.1 Å². The number of benzene rings is 1. The minimum Gasteiger partial charge on any atom is -0.368 e. The number of nitrogen functional groups attached to an aromatic ring is 1. The molecule has 1 atom stereocenters. The number of carbonyl (C=O) groups excluding carboxylic acids is 1. The van der Waals surface area contributed by atoms with Gasteiger partial charge in [0.15, 0.2) is 0 Å². The summed E-state index contributed by atoms with van der Waals surface area (Å²) in [5.41, 5.74) is 6.22. The maximum atomic E-state index is 13.1. The van der Waals surface area contributed by atoms with Gasteiger partial charge in [-0.15, -0.1) is 0 Å². The van der Waals surface area contributed by atoms with E-state index in [2.05, 4.69) is 15.1 Å². The highest BCUT2D eigenvalue weighted by Crippen LogP contribution is 2.38. The molecular weight excluding hydrogens is 425 g/mol. The van der Waals surface area contributed by atoms with E-state index < -0.39 is 17.8 Å². The van der Waals surface area contributed by atoms with Gasteiger partial charge >= 0.3 is 6.18 Å². The summed E-state index contributed by atoms with van der Waals surface area (Å²) < 4.78 is 39.9. The van der Waals surface area contributed by atoms with E-state index in [1.54, 1.807) is 4.90 Å². The van der Waals surface area contributed by atoms with Gasteiger partial charge in [0.05, 0.1) is 17.3 Å². The number of hydrogen-bond donors (Lipinski definition) is 1. The zero-order valence-corrected chi connectivity index (χ0v) is 17.0. The molecule has 1 aliphatic rings. The summed E-state index contributed by atoms with van der Waals surface area (Å²) in [4.78, 5) is 34.7. The quantitative estimate of drug-likeness (QED) is 0.666. The van der Waals surface area contributed by atoms with Crippen molar-refractivity contribution in [2.45, 2.75) is 25.1 Å². The number of nitrogens with two attached hydrogens (primary N) is 1. The number of aryl methyl sites for hydroxylation is 1. The summed E-state index contributed by atoms with van der Waals surface area (Å²) in [6, 6.07) is 6.83. The third-order valence-electron chi connectivity index (χ3n) is 5.37. The van der Waals surface area contributed by atoms with Gasteiger partial charge in [0.2, 0.25) is 5.95 Å². The van der Waals surface area contributed by atoms with Crippen LogP contribution in [0.15, 0.2) is 47.4 Å². The molecule has 1 fully saturated rings. The molecule has 32 heavy (non-hydrogen) atoms. The van der Waals surface area contributed by atoms with Crippen molar-refractivity contribution >= 4 is 11.9 Å². The van der Waals surface area contributed by atoms with Gasteiger partial charge in [0, 0.05) is 31.4 Å². The van der Waals surface area contributed by atoms with Crippen LogP contribution >= 0.6 is 0 Å². The van der Waals surface area contributed by atoms with E-state index in [0.717, 1.165) is 16.8 Å². The number of rotatable bonds is 3. The molecular formula is C21H19F3N6O2. The number of halogens is 3. The molecule has 0 saturated carbocycles. The van der Waals surface area contributed by atoms with Crippen LogP contribution in [0.3, 0.4) is 0 Å². The Labute approximate surface area is 180 Å². The molecule has 3 heterocycles. The van der Waals surface area contributed by atoms with Crippen molar-refractivity contribution in [3.63, 3.8) is 0 Å². The van der Waals surface area contributed by atoms with Crippen molar-refractivity contribution in [2.75, 3.05) is 12.3 Å². The molecule has 4 rings (SSSR count). The van der Waals surface area contributed by atoms with Gasteiger partial charge in [0.25, 0.3) is 11.5 Å². The molecule has 1 aliphatic heterocycles. The number of amides is 1. The Morgan fingerprint density at radius 3 is 2.53 bits per heavy atom. The summed E-state index contributed by atoms with van der Waals surface area (Å²) in [5, 5.41) is 4.03. The smallest absolute Gasteiger partial charge is 0.368 e. The lowest BCUT2D eigenvalue weighted by Crippen LogP contribution is -2.33. The second-order valence-electron chi connectivity index (χ2n) is 7.44. The number of alkyl halides is 3. The number of anilines is 1. The summed E-state index contributed by atoms with van der Waals surface area (Å²) in [6.07, 6.45) is -1.72. The van der Waals surface area contributed by atoms with E-state index in [9.17, 15) is 22.8 Å². The van der Waals surface area contributed by atoms with Gasteiger partial charge in [-0.25, -0.2) is 14.6 Å². The van der Waals surface area contributed by atoms with Crippen molar-refractivity contribution in [2.24, 2.45) is 7.05 Å². The molecule has 0 radical (unpaired) electrons. The van der Waals surface area contributed by atoms with Gasteiger partial charge in [0.1, 0.15) is 5.69 Å². The maximum Gasteiger partial charge on any atom is 0.416 e. The Bertz CT molecular complexity index is 1220. The second-order valence-corrected chi connectivity index (χ2v) is 7.44. The van der Waals surface area contributed by atoms with E-state index in [1.165, 1.54) is 37.5 Å². The predicted octanol–water partition coefficient (Wildman–Crippen LogP) is 2.82. The molecule has 2 N–H and O–H groups in total. The van der Waals surface area contributed by atoms with Crippen molar-refractivity contribution in [1.29, 1.82) is 0 Å². The van der Waals surface area contributed by atoms with Crippen LogP contribution in [-0.2, 0) is 13.2 Å². The fraction of sp³-hybridized carbons (Fsp3) is 0.286. The molecule has 0 aliphatic carbocycles. The molecule has 166 valence electrons. The molecule has 0 bridgehead atoms. The topological polar surface area (TPSA) is 107 Å². The van der Waals surface area contributed by atoms with Crippen molar-refractivity contribution < 1.29 is 18.0 Å². The van der Waals surface area contributed by atoms with E-state index in [0.29, 0.717) is 36.2 Å².